The van der Waals surface area contributed by atoms with Crippen LogP contribution in [-0.2, 0) is 0 Å². The molecule has 0 radical (unpaired) electrons. The van der Waals surface area contributed by atoms with E-state index in [0.29, 0.717) is 5.69 Å². The van der Waals surface area contributed by atoms with Gasteiger partial charge in [0, 0.05) is 6.20 Å². The van der Waals surface area contributed by atoms with Crippen LogP contribution in [0.25, 0.3) is 0 Å². The number of hydrogen-bond acceptors (Lipinski definition) is 3. The lowest BCUT2D eigenvalue weighted by atomic mass is 10.3. The molecule has 66 valence electrons. The molecule has 0 aromatic carbocycles. The van der Waals surface area contributed by atoms with E-state index < -0.39 is 0 Å². The molecular weight excluding hydrogens is 154 g/mol. The highest BCUT2D eigenvalue weighted by Gasteiger charge is 1.95. The van der Waals surface area contributed by atoms with Gasteiger partial charge in [0.1, 0.15) is 5.69 Å². The summed E-state index contributed by atoms with van der Waals surface area (Å²) < 4.78 is 0. The topological polar surface area (TPSA) is 71.5 Å². The maximum Gasteiger partial charge on any atom is 0.188 e. The van der Waals surface area contributed by atoms with E-state index >= 15 is 0 Å². The van der Waals surface area contributed by atoms with E-state index in [1.807, 2.05) is 13.8 Å². The van der Waals surface area contributed by atoms with Crippen LogP contribution in [-0.4, -0.2) is 16.0 Å². The third-order valence-corrected chi connectivity index (χ3v) is 1.04. The summed E-state index contributed by atoms with van der Waals surface area (Å²) in [5, 5.41) is 11.0. The molecule has 0 unspecified atom stereocenters. The molecule has 0 fully saturated rings. The molecule has 4 nitrogen and oxygen atoms in total. The number of rotatable bonds is 1. The molecule has 0 spiro atoms. The van der Waals surface area contributed by atoms with Crippen LogP contribution >= 0.6 is 0 Å². The van der Waals surface area contributed by atoms with Crippen molar-refractivity contribution in [3.05, 3.63) is 30.1 Å². The molecule has 0 atom stereocenters. The lowest BCUT2D eigenvalue weighted by Gasteiger charge is -1.93. The van der Waals surface area contributed by atoms with Gasteiger partial charge < -0.3 is 10.9 Å². The lowest BCUT2D eigenvalue weighted by molar-refractivity contribution is 0.318. The molecule has 0 bridgehead atoms. The van der Waals surface area contributed by atoms with Crippen LogP contribution in [0.1, 0.15) is 19.5 Å². The summed E-state index contributed by atoms with van der Waals surface area (Å²) in [6.07, 6.45) is 1.58. The number of aromatic nitrogens is 1. The number of amidine groups is 1. The highest BCUT2D eigenvalue weighted by Crippen LogP contribution is 1.90. The Hall–Kier alpha value is -1.58. The predicted molar refractivity (Wildman–Crippen MR) is 48.1 cm³/mol. The summed E-state index contributed by atoms with van der Waals surface area (Å²) in [7, 11) is 0. The van der Waals surface area contributed by atoms with Crippen molar-refractivity contribution < 1.29 is 5.21 Å². The summed E-state index contributed by atoms with van der Waals surface area (Å²) in [4.78, 5) is 3.83. The summed E-state index contributed by atoms with van der Waals surface area (Å²) in [6, 6.07) is 5.18. The number of pyridine rings is 1. The van der Waals surface area contributed by atoms with Gasteiger partial charge in [-0.05, 0) is 12.1 Å². The first-order chi connectivity index (χ1) is 5.84. The molecule has 4 heteroatoms. The van der Waals surface area contributed by atoms with Gasteiger partial charge in [-0.25, -0.2) is 0 Å². The molecule has 1 aromatic rings. The van der Waals surface area contributed by atoms with Gasteiger partial charge in [0.05, 0.1) is 0 Å². The van der Waals surface area contributed by atoms with Gasteiger partial charge in [0.25, 0.3) is 0 Å². The summed E-state index contributed by atoms with van der Waals surface area (Å²) in [6.45, 7) is 4.00. The second-order valence-electron chi connectivity index (χ2n) is 1.70. The Labute approximate surface area is 71.7 Å². The Bertz CT molecular complexity index is 233. The molecule has 0 aliphatic rings. The largest absolute Gasteiger partial charge is 0.409 e. The Kier molecular flexibility index (Phi) is 5.34. The van der Waals surface area contributed by atoms with Crippen molar-refractivity contribution >= 4 is 5.84 Å². The second kappa shape index (κ2) is 6.15. The zero-order chi connectivity index (χ0) is 9.40. The van der Waals surface area contributed by atoms with Gasteiger partial charge in [-0.3, -0.25) is 4.98 Å². The van der Waals surface area contributed by atoms with Crippen LogP contribution < -0.4 is 5.73 Å². The quantitative estimate of drug-likeness (QED) is 0.286. The third kappa shape index (κ3) is 3.01. The highest BCUT2D eigenvalue weighted by atomic mass is 16.4. The fourth-order valence-electron chi connectivity index (χ4n) is 0.566. The predicted octanol–water partition coefficient (Wildman–Crippen LogP) is 1.20. The van der Waals surface area contributed by atoms with Crippen LogP contribution in [0.3, 0.4) is 0 Å². The Morgan fingerprint density at radius 1 is 1.50 bits per heavy atom. The molecule has 3 N–H and O–H groups in total. The molecule has 1 aromatic heterocycles. The van der Waals surface area contributed by atoms with E-state index in [4.69, 9.17) is 10.9 Å². The van der Waals surface area contributed by atoms with Crippen molar-refractivity contribution in [2.75, 3.05) is 0 Å². The van der Waals surface area contributed by atoms with Crippen molar-refractivity contribution in [3.8, 4) is 0 Å². The van der Waals surface area contributed by atoms with Crippen molar-refractivity contribution in [3.63, 3.8) is 0 Å². The van der Waals surface area contributed by atoms with Gasteiger partial charge in [-0.1, -0.05) is 25.1 Å². The maximum atomic E-state index is 8.21. The molecule has 0 aliphatic heterocycles. The van der Waals surface area contributed by atoms with Gasteiger partial charge in [0.2, 0.25) is 0 Å². The van der Waals surface area contributed by atoms with Crippen LogP contribution in [0.2, 0.25) is 0 Å². The third-order valence-electron chi connectivity index (χ3n) is 1.04. The molecule has 1 rings (SSSR count). The smallest absolute Gasteiger partial charge is 0.188 e. The van der Waals surface area contributed by atoms with Gasteiger partial charge >= 0.3 is 0 Å². The van der Waals surface area contributed by atoms with Gasteiger partial charge in [-0.2, -0.15) is 0 Å². The number of nitrogens with two attached hydrogens (primary N) is 1. The van der Waals surface area contributed by atoms with Gasteiger partial charge in [0.15, 0.2) is 5.84 Å². The van der Waals surface area contributed by atoms with E-state index in [1.54, 1.807) is 24.4 Å². The average Bonchev–Trinajstić information content (AvgIpc) is 2.21. The zero-order valence-electron chi connectivity index (χ0n) is 7.23. The van der Waals surface area contributed by atoms with E-state index in [-0.39, 0.29) is 5.84 Å². The minimum Gasteiger partial charge on any atom is -0.409 e. The summed E-state index contributed by atoms with van der Waals surface area (Å²) >= 11 is 0. The standard InChI is InChI=1S/C6H7N3O.C2H6/c7-6(9-10)5-3-1-2-4-8-5;1-2/h1-4,10H,(H2,7,9);1-2H3. The Morgan fingerprint density at radius 3 is 2.58 bits per heavy atom. The fraction of sp³-hybridized carbons (Fsp3) is 0.250. The molecule has 0 saturated heterocycles. The Morgan fingerprint density at radius 2 is 2.17 bits per heavy atom. The van der Waals surface area contributed by atoms with E-state index in [9.17, 15) is 0 Å². The average molecular weight is 167 g/mol. The van der Waals surface area contributed by atoms with E-state index in [1.165, 1.54) is 0 Å². The molecule has 12 heavy (non-hydrogen) atoms. The highest BCUT2D eigenvalue weighted by molar-refractivity contribution is 5.94. The van der Waals surface area contributed by atoms with Crippen LogP contribution in [0.5, 0.6) is 0 Å². The summed E-state index contributed by atoms with van der Waals surface area (Å²) in [5.41, 5.74) is 5.71. The van der Waals surface area contributed by atoms with Gasteiger partial charge in [-0.15, -0.1) is 0 Å². The van der Waals surface area contributed by atoms with Crippen LogP contribution in [0.15, 0.2) is 29.6 Å². The van der Waals surface area contributed by atoms with E-state index in [2.05, 4.69) is 10.1 Å². The fourth-order valence-corrected chi connectivity index (χ4v) is 0.566. The number of hydrogen-bond donors (Lipinski definition) is 2. The van der Waals surface area contributed by atoms with Crippen molar-refractivity contribution in [1.29, 1.82) is 0 Å². The first-order valence-electron chi connectivity index (χ1n) is 3.73. The molecule has 0 amide bonds. The minimum atomic E-state index is 0.0283. The number of oxime groups is 1. The summed E-state index contributed by atoms with van der Waals surface area (Å²) in [5.74, 6) is 0.0283. The Balaban J connectivity index is 0.000000561. The first-order valence-corrected chi connectivity index (χ1v) is 3.73. The molecule has 1 heterocycles. The monoisotopic (exact) mass is 167 g/mol. The van der Waals surface area contributed by atoms with Crippen molar-refractivity contribution in [1.82, 2.24) is 4.98 Å². The molecular formula is C8H13N3O. The SMILES string of the molecule is CC.N/C(=N/O)c1ccccn1. The molecule has 0 aliphatic carbocycles. The lowest BCUT2D eigenvalue weighted by Crippen LogP contribution is -2.14. The molecule has 0 saturated carbocycles. The van der Waals surface area contributed by atoms with E-state index in [0.717, 1.165) is 0 Å². The normalized spacial score (nSPS) is 10.0. The van der Waals surface area contributed by atoms with Crippen LogP contribution in [0.4, 0.5) is 0 Å². The first kappa shape index (κ1) is 10.4. The maximum absolute atomic E-state index is 8.21. The van der Waals surface area contributed by atoms with Crippen LogP contribution in [0, 0.1) is 0 Å². The number of nitrogens with zero attached hydrogens (tertiary/aromatic N) is 2. The second-order valence-corrected chi connectivity index (χ2v) is 1.70. The van der Waals surface area contributed by atoms with Crippen molar-refractivity contribution in [2.24, 2.45) is 10.9 Å². The van der Waals surface area contributed by atoms with Crippen molar-refractivity contribution in [2.45, 2.75) is 13.8 Å². The minimum absolute atomic E-state index is 0.0283. The zero-order valence-corrected chi connectivity index (χ0v) is 7.23.